The molecule has 3 nitrogen and oxygen atoms in total. The van der Waals surface area contributed by atoms with Crippen LogP contribution in [-0.2, 0) is 0 Å². The quantitative estimate of drug-likeness (QED) is 0.846. The summed E-state index contributed by atoms with van der Waals surface area (Å²) in [4.78, 5) is 12.3. The van der Waals surface area contributed by atoms with E-state index in [0.29, 0.717) is 13.2 Å². The summed E-state index contributed by atoms with van der Waals surface area (Å²) in [6.07, 6.45) is 0. The molecule has 0 aliphatic carbocycles. The fourth-order valence-electron chi connectivity index (χ4n) is 2.51. The Hall–Kier alpha value is -2.29. The summed E-state index contributed by atoms with van der Waals surface area (Å²) in [7, 11) is 0. The van der Waals surface area contributed by atoms with Crippen LogP contribution >= 0.6 is 0 Å². The molecule has 0 atom stereocenters. The maximum atomic E-state index is 12.3. The molecule has 2 rings (SSSR count). The number of carbonyl (C=O) groups is 1. The lowest BCUT2D eigenvalue weighted by Gasteiger charge is -2.13. The molecule has 0 bridgehead atoms. The van der Waals surface area contributed by atoms with Gasteiger partial charge in [-0.2, -0.15) is 0 Å². The minimum Gasteiger partial charge on any atom is -0.491 e. The largest absolute Gasteiger partial charge is 0.491 e. The first-order valence-electron chi connectivity index (χ1n) is 7.95. The van der Waals surface area contributed by atoms with Gasteiger partial charge in [-0.1, -0.05) is 18.2 Å². The maximum Gasteiger partial charge on any atom is 0.251 e. The van der Waals surface area contributed by atoms with Crippen molar-refractivity contribution in [2.75, 3.05) is 13.2 Å². The van der Waals surface area contributed by atoms with Crippen LogP contribution in [0.4, 0.5) is 0 Å². The second kappa shape index (κ2) is 7.32. The van der Waals surface area contributed by atoms with Crippen molar-refractivity contribution in [1.29, 1.82) is 0 Å². The van der Waals surface area contributed by atoms with E-state index in [2.05, 4.69) is 31.3 Å². The van der Waals surface area contributed by atoms with Crippen LogP contribution in [0, 0.1) is 34.6 Å². The van der Waals surface area contributed by atoms with E-state index >= 15 is 0 Å². The van der Waals surface area contributed by atoms with Gasteiger partial charge in [-0.3, -0.25) is 4.79 Å². The third kappa shape index (κ3) is 4.13. The van der Waals surface area contributed by atoms with Gasteiger partial charge in [-0.25, -0.2) is 0 Å². The Morgan fingerprint density at radius 2 is 1.65 bits per heavy atom. The van der Waals surface area contributed by atoms with Gasteiger partial charge < -0.3 is 10.1 Å². The summed E-state index contributed by atoms with van der Waals surface area (Å²) in [5.74, 6) is 0.830. The van der Waals surface area contributed by atoms with Gasteiger partial charge in [0.05, 0.1) is 6.54 Å². The van der Waals surface area contributed by atoms with Crippen molar-refractivity contribution in [3.8, 4) is 5.75 Å². The third-order valence-electron chi connectivity index (χ3n) is 4.29. The lowest BCUT2D eigenvalue weighted by atomic mass is 10.0. The van der Waals surface area contributed by atoms with Gasteiger partial charge in [-0.05, 0) is 74.6 Å². The minimum atomic E-state index is -0.0461. The molecule has 0 spiro atoms. The van der Waals surface area contributed by atoms with E-state index < -0.39 is 0 Å². The maximum absolute atomic E-state index is 12.3. The van der Waals surface area contributed by atoms with Crippen LogP contribution in [-0.4, -0.2) is 19.1 Å². The van der Waals surface area contributed by atoms with E-state index in [0.717, 1.165) is 28.0 Å². The summed E-state index contributed by atoms with van der Waals surface area (Å²) in [5.41, 5.74) is 6.42. The number of hydrogen-bond acceptors (Lipinski definition) is 2. The Morgan fingerprint density at radius 3 is 2.39 bits per heavy atom. The van der Waals surface area contributed by atoms with Crippen molar-refractivity contribution in [3.63, 3.8) is 0 Å². The number of hydrogen-bond donors (Lipinski definition) is 1. The Balaban J connectivity index is 1.90. The molecule has 2 aromatic carbocycles. The van der Waals surface area contributed by atoms with E-state index in [4.69, 9.17) is 4.74 Å². The van der Waals surface area contributed by atoms with Crippen molar-refractivity contribution in [2.45, 2.75) is 34.6 Å². The average Bonchev–Trinajstić information content (AvgIpc) is 2.51. The molecule has 1 N–H and O–H groups in total. The van der Waals surface area contributed by atoms with Crippen molar-refractivity contribution >= 4 is 5.91 Å². The molecule has 0 fully saturated rings. The smallest absolute Gasteiger partial charge is 0.251 e. The Bertz CT molecular complexity index is 720. The van der Waals surface area contributed by atoms with Gasteiger partial charge in [0.1, 0.15) is 12.4 Å². The highest BCUT2D eigenvalue weighted by atomic mass is 16.5. The van der Waals surface area contributed by atoms with Gasteiger partial charge in [-0.15, -0.1) is 0 Å². The lowest BCUT2D eigenvalue weighted by Crippen LogP contribution is -2.28. The molecular formula is C20H25NO2. The SMILES string of the molecule is Cc1cc(C)c(C(=O)NCCOc2cccc(C)c2C)cc1C. The number of amides is 1. The first-order chi connectivity index (χ1) is 10.9. The summed E-state index contributed by atoms with van der Waals surface area (Å²) in [5, 5.41) is 2.93. The predicted octanol–water partition coefficient (Wildman–Crippen LogP) is 4.04. The number of nitrogens with one attached hydrogen (secondary N) is 1. The molecule has 3 heteroatoms. The first-order valence-corrected chi connectivity index (χ1v) is 7.95. The summed E-state index contributed by atoms with van der Waals surface area (Å²) in [6.45, 7) is 11.1. The molecular weight excluding hydrogens is 286 g/mol. The molecule has 0 aromatic heterocycles. The summed E-state index contributed by atoms with van der Waals surface area (Å²) < 4.78 is 5.76. The number of benzene rings is 2. The van der Waals surface area contributed by atoms with Crippen molar-refractivity contribution in [3.05, 3.63) is 63.7 Å². The zero-order chi connectivity index (χ0) is 17.0. The van der Waals surface area contributed by atoms with Crippen LogP contribution < -0.4 is 10.1 Å². The molecule has 0 saturated heterocycles. The normalized spacial score (nSPS) is 10.5. The zero-order valence-electron chi connectivity index (χ0n) is 14.6. The number of rotatable bonds is 5. The first kappa shape index (κ1) is 17.1. The van der Waals surface area contributed by atoms with Crippen LogP contribution in [0.15, 0.2) is 30.3 Å². The third-order valence-corrected chi connectivity index (χ3v) is 4.29. The molecule has 122 valence electrons. The van der Waals surface area contributed by atoms with Crippen LogP contribution in [0.1, 0.15) is 38.2 Å². The van der Waals surface area contributed by atoms with Crippen LogP contribution in [0.25, 0.3) is 0 Å². The molecule has 0 unspecified atom stereocenters. The van der Waals surface area contributed by atoms with Gasteiger partial charge in [0, 0.05) is 5.56 Å². The van der Waals surface area contributed by atoms with Crippen molar-refractivity contribution in [1.82, 2.24) is 5.32 Å². The topological polar surface area (TPSA) is 38.3 Å². The molecule has 0 aliphatic rings. The highest BCUT2D eigenvalue weighted by molar-refractivity contribution is 5.95. The van der Waals surface area contributed by atoms with E-state index in [1.54, 1.807) is 0 Å². The van der Waals surface area contributed by atoms with Crippen molar-refractivity contribution in [2.24, 2.45) is 0 Å². The van der Waals surface area contributed by atoms with E-state index in [1.165, 1.54) is 11.1 Å². The average molecular weight is 311 g/mol. The highest BCUT2D eigenvalue weighted by Gasteiger charge is 2.10. The standard InChI is InChI=1S/C20H25NO2/c1-13-7-6-8-19(17(13)5)23-10-9-21-20(22)18-12-15(3)14(2)11-16(18)4/h6-8,11-12H,9-10H2,1-5H3,(H,21,22). The number of ether oxygens (including phenoxy) is 1. The second-order valence-electron chi connectivity index (χ2n) is 6.05. The Labute approximate surface area is 138 Å². The fraction of sp³-hybridized carbons (Fsp3) is 0.350. The highest BCUT2D eigenvalue weighted by Crippen LogP contribution is 2.20. The Kier molecular flexibility index (Phi) is 5.43. The molecule has 0 radical (unpaired) electrons. The van der Waals surface area contributed by atoms with Gasteiger partial charge >= 0.3 is 0 Å². The lowest BCUT2D eigenvalue weighted by molar-refractivity contribution is 0.0946. The van der Waals surface area contributed by atoms with E-state index in [9.17, 15) is 4.79 Å². The monoisotopic (exact) mass is 311 g/mol. The van der Waals surface area contributed by atoms with E-state index in [-0.39, 0.29) is 5.91 Å². The fourth-order valence-corrected chi connectivity index (χ4v) is 2.51. The van der Waals surface area contributed by atoms with Crippen LogP contribution in [0.2, 0.25) is 0 Å². The second-order valence-corrected chi connectivity index (χ2v) is 6.05. The molecule has 1 amide bonds. The summed E-state index contributed by atoms with van der Waals surface area (Å²) >= 11 is 0. The van der Waals surface area contributed by atoms with Gasteiger partial charge in [0.25, 0.3) is 5.91 Å². The Morgan fingerprint density at radius 1 is 0.957 bits per heavy atom. The molecule has 23 heavy (non-hydrogen) atoms. The number of aryl methyl sites for hydroxylation is 4. The van der Waals surface area contributed by atoms with E-state index in [1.807, 2.05) is 39.0 Å². The summed E-state index contributed by atoms with van der Waals surface area (Å²) in [6, 6.07) is 10.0. The predicted molar refractivity (Wildman–Crippen MR) is 94.4 cm³/mol. The molecule has 2 aromatic rings. The van der Waals surface area contributed by atoms with Gasteiger partial charge in [0.15, 0.2) is 0 Å². The van der Waals surface area contributed by atoms with Crippen molar-refractivity contribution < 1.29 is 9.53 Å². The van der Waals surface area contributed by atoms with Crippen LogP contribution in [0.5, 0.6) is 5.75 Å². The van der Waals surface area contributed by atoms with Crippen LogP contribution in [0.3, 0.4) is 0 Å². The molecule has 0 aliphatic heterocycles. The van der Waals surface area contributed by atoms with Gasteiger partial charge in [0.2, 0.25) is 0 Å². The molecule has 0 saturated carbocycles. The number of carbonyl (C=O) groups excluding carboxylic acids is 1. The minimum absolute atomic E-state index is 0.0461. The molecule has 0 heterocycles. The zero-order valence-corrected chi connectivity index (χ0v) is 14.6.